The topological polar surface area (TPSA) is 36.4 Å². The van der Waals surface area contributed by atoms with Gasteiger partial charge in [0.1, 0.15) is 13.1 Å². The average Bonchev–Trinajstić information content (AvgIpc) is 3.26. The van der Waals surface area contributed by atoms with Crippen LogP contribution in [-0.4, -0.2) is 40.7 Å². The Balaban J connectivity index is 1.77. The Hall–Kier alpha value is -1.80. The van der Waals surface area contributed by atoms with Crippen molar-refractivity contribution < 1.29 is 9.64 Å². The molecule has 7 heteroatoms. The minimum absolute atomic E-state index is 0.739. The molecule has 1 N–H and O–H groups in total. The molecule has 1 aromatic carbocycles. The molecule has 1 fully saturated rings. The van der Waals surface area contributed by atoms with Crippen LogP contribution >= 0.6 is 23.6 Å². The first-order valence-corrected chi connectivity index (χ1v) is 9.32. The fourth-order valence-corrected chi connectivity index (χ4v) is 3.91. The third-order valence-corrected chi connectivity index (χ3v) is 5.43. The number of aromatic nitrogens is 3. The second kappa shape index (κ2) is 6.98. The van der Waals surface area contributed by atoms with E-state index in [1.807, 2.05) is 28.9 Å². The third kappa shape index (κ3) is 3.08. The minimum atomic E-state index is 0.739. The molecule has 0 bridgehead atoms. The molecule has 0 aliphatic carbocycles. The zero-order chi connectivity index (χ0) is 16.4. The van der Waals surface area contributed by atoms with Gasteiger partial charge in [-0.15, -0.1) is 16.4 Å². The van der Waals surface area contributed by atoms with E-state index in [1.54, 1.807) is 11.3 Å². The Kier molecular flexibility index (Phi) is 4.57. The summed E-state index contributed by atoms with van der Waals surface area (Å²) in [6, 6.07) is 14.3. The van der Waals surface area contributed by atoms with Crippen LogP contribution in [0.3, 0.4) is 0 Å². The molecule has 0 saturated carbocycles. The molecule has 1 aliphatic heterocycles. The van der Waals surface area contributed by atoms with E-state index in [2.05, 4.69) is 28.1 Å². The standard InChI is InChI=1S/C17H18N4OS2/c23-17-20(13-19-8-10-22-11-9-19)18-16(15-7-4-12-24-15)21(17)14-5-2-1-3-6-14/h1-7,12H,8-11,13H2/p+1. The highest BCUT2D eigenvalue weighted by Crippen LogP contribution is 2.26. The summed E-state index contributed by atoms with van der Waals surface area (Å²) in [6.45, 7) is 4.38. The van der Waals surface area contributed by atoms with Gasteiger partial charge < -0.3 is 9.64 Å². The predicted molar refractivity (Wildman–Crippen MR) is 97.2 cm³/mol. The van der Waals surface area contributed by atoms with Crippen LogP contribution in [0.2, 0.25) is 0 Å². The summed E-state index contributed by atoms with van der Waals surface area (Å²) in [5, 5.41) is 6.92. The molecule has 0 spiro atoms. The van der Waals surface area contributed by atoms with Crippen molar-refractivity contribution in [1.82, 2.24) is 14.3 Å². The van der Waals surface area contributed by atoms with E-state index in [4.69, 9.17) is 22.1 Å². The minimum Gasteiger partial charge on any atom is -0.370 e. The number of quaternary nitrogens is 1. The molecule has 124 valence electrons. The first-order valence-electron chi connectivity index (χ1n) is 8.03. The highest BCUT2D eigenvalue weighted by atomic mass is 32.1. The van der Waals surface area contributed by atoms with Crippen molar-refractivity contribution in [3.8, 4) is 16.4 Å². The van der Waals surface area contributed by atoms with E-state index in [-0.39, 0.29) is 0 Å². The lowest BCUT2D eigenvalue weighted by Gasteiger charge is -2.23. The zero-order valence-electron chi connectivity index (χ0n) is 13.2. The Labute approximate surface area is 149 Å². The maximum Gasteiger partial charge on any atom is 0.207 e. The van der Waals surface area contributed by atoms with E-state index >= 15 is 0 Å². The number of nitrogens with one attached hydrogen (secondary N) is 1. The van der Waals surface area contributed by atoms with Crippen molar-refractivity contribution in [3.63, 3.8) is 0 Å². The lowest BCUT2D eigenvalue weighted by atomic mass is 10.3. The van der Waals surface area contributed by atoms with Crippen molar-refractivity contribution in [1.29, 1.82) is 0 Å². The van der Waals surface area contributed by atoms with E-state index in [9.17, 15) is 0 Å². The fourth-order valence-electron chi connectivity index (χ4n) is 2.92. The number of benzene rings is 1. The zero-order valence-corrected chi connectivity index (χ0v) is 14.9. The second-order valence-corrected chi connectivity index (χ2v) is 7.09. The van der Waals surface area contributed by atoms with Gasteiger partial charge in [0.2, 0.25) is 4.77 Å². The van der Waals surface area contributed by atoms with Crippen LogP contribution in [0.4, 0.5) is 0 Å². The molecular weight excluding hydrogens is 340 g/mol. The Morgan fingerprint density at radius 2 is 1.92 bits per heavy atom. The van der Waals surface area contributed by atoms with Crippen molar-refractivity contribution >= 4 is 23.6 Å². The molecule has 5 nitrogen and oxygen atoms in total. The van der Waals surface area contributed by atoms with Crippen LogP contribution in [0.5, 0.6) is 0 Å². The van der Waals surface area contributed by atoms with Gasteiger partial charge in [0, 0.05) is 0 Å². The van der Waals surface area contributed by atoms with E-state index in [0.717, 1.165) is 54.1 Å². The number of nitrogens with zero attached hydrogens (tertiary/aromatic N) is 3. The highest BCUT2D eigenvalue weighted by Gasteiger charge is 2.19. The predicted octanol–water partition coefficient (Wildman–Crippen LogP) is 2.00. The molecule has 0 radical (unpaired) electrons. The number of thiophene rings is 1. The van der Waals surface area contributed by atoms with Gasteiger partial charge in [0.25, 0.3) is 0 Å². The van der Waals surface area contributed by atoms with Crippen molar-refractivity contribution in [3.05, 3.63) is 52.6 Å². The Morgan fingerprint density at radius 1 is 1.12 bits per heavy atom. The lowest BCUT2D eigenvalue weighted by molar-refractivity contribution is -0.930. The molecule has 3 aromatic rings. The summed E-state index contributed by atoms with van der Waals surface area (Å²) in [4.78, 5) is 2.58. The van der Waals surface area contributed by atoms with Crippen LogP contribution in [0.1, 0.15) is 0 Å². The van der Waals surface area contributed by atoms with Gasteiger partial charge in [0.05, 0.1) is 23.8 Å². The van der Waals surface area contributed by atoms with Gasteiger partial charge in [-0.25, -0.2) is 0 Å². The first kappa shape index (κ1) is 15.7. The summed E-state index contributed by atoms with van der Waals surface area (Å²) in [5.41, 5.74) is 1.05. The highest BCUT2D eigenvalue weighted by molar-refractivity contribution is 7.71. The molecule has 0 atom stereocenters. The van der Waals surface area contributed by atoms with Gasteiger partial charge >= 0.3 is 0 Å². The average molecular weight is 360 g/mol. The molecule has 1 saturated heterocycles. The monoisotopic (exact) mass is 359 g/mol. The van der Waals surface area contributed by atoms with E-state index in [1.165, 1.54) is 4.90 Å². The largest absolute Gasteiger partial charge is 0.370 e. The summed E-state index contributed by atoms with van der Waals surface area (Å²) in [7, 11) is 0. The first-order chi connectivity index (χ1) is 11.8. The number of hydrogen-bond donors (Lipinski definition) is 1. The maximum atomic E-state index is 5.76. The number of rotatable bonds is 4. The molecule has 0 unspecified atom stereocenters. The van der Waals surface area contributed by atoms with Crippen molar-refractivity contribution in [2.45, 2.75) is 6.67 Å². The van der Waals surface area contributed by atoms with Crippen LogP contribution in [-0.2, 0) is 11.4 Å². The van der Waals surface area contributed by atoms with Crippen LogP contribution in [0.15, 0.2) is 47.8 Å². The number of ether oxygens (including phenoxy) is 1. The molecule has 2 aromatic heterocycles. The summed E-state index contributed by atoms with van der Waals surface area (Å²) < 4.78 is 10.2. The molecule has 0 amide bonds. The molecule has 4 rings (SSSR count). The fraction of sp³-hybridized carbons (Fsp3) is 0.294. The number of para-hydroxylation sites is 1. The molecular formula is C17H19N4OS2+. The molecule has 3 heterocycles. The van der Waals surface area contributed by atoms with Gasteiger partial charge in [-0.1, -0.05) is 24.3 Å². The second-order valence-electron chi connectivity index (χ2n) is 5.77. The summed E-state index contributed by atoms with van der Waals surface area (Å²) >= 11 is 7.44. The number of morpholine rings is 1. The lowest BCUT2D eigenvalue weighted by Crippen LogP contribution is -3.13. The van der Waals surface area contributed by atoms with Gasteiger partial charge in [-0.05, 0) is 35.8 Å². The van der Waals surface area contributed by atoms with Gasteiger partial charge in [-0.3, -0.25) is 4.57 Å². The van der Waals surface area contributed by atoms with E-state index < -0.39 is 0 Å². The van der Waals surface area contributed by atoms with Crippen LogP contribution in [0, 0.1) is 4.77 Å². The van der Waals surface area contributed by atoms with Crippen molar-refractivity contribution in [2.24, 2.45) is 0 Å². The summed E-state index contributed by atoms with van der Waals surface area (Å²) in [6.07, 6.45) is 0. The van der Waals surface area contributed by atoms with Gasteiger partial charge in [0.15, 0.2) is 12.5 Å². The van der Waals surface area contributed by atoms with Gasteiger partial charge in [-0.2, -0.15) is 4.68 Å². The Bertz CT molecular complexity index is 849. The smallest absolute Gasteiger partial charge is 0.207 e. The summed E-state index contributed by atoms with van der Waals surface area (Å²) in [5.74, 6) is 0.911. The normalized spacial score (nSPS) is 15.7. The molecule has 1 aliphatic rings. The van der Waals surface area contributed by atoms with Crippen LogP contribution < -0.4 is 4.90 Å². The quantitative estimate of drug-likeness (QED) is 0.724. The third-order valence-electron chi connectivity index (χ3n) is 4.17. The SMILES string of the molecule is S=c1n(C[NH+]2CCOCC2)nc(-c2cccs2)n1-c1ccccc1. The van der Waals surface area contributed by atoms with Crippen molar-refractivity contribution in [2.75, 3.05) is 26.3 Å². The Morgan fingerprint density at radius 3 is 2.62 bits per heavy atom. The maximum absolute atomic E-state index is 5.76. The van der Waals surface area contributed by atoms with Crippen LogP contribution in [0.25, 0.3) is 16.4 Å². The number of hydrogen-bond acceptors (Lipinski definition) is 4. The van der Waals surface area contributed by atoms with E-state index in [0.29, 0.717) is 0 Å². The molecule has 24 heavy (non-hydrogen) atoms.